The molecule has 2 aromatic rings. The minimum absolute atomic E-state index is 0.408. The van der Waals surface area contributed by atoms with Gasteiger partial charge in [0.05, 0.1) is 12.6 Å². The standard InChI is InChI=1S/C19H24N2O4/c1-12-3-9-16(10-4-12)25-13(2)19(24)21-17(11-22)18(23)14-5-7-15(20)8-6-14/h3-10,13,17-18,22-23H,11,20H2,1-2H3,(H,21,24). The number of anilines is 1. The Morgan fingerprint density at radius 2 is 1.76 bits per heavy atom. The molecule has 0 aliphatic heterocycles. The Morgan fingerprint density at radius 3 is 2.32 bits per heavy atom. The second kappa shape index (κ2) is 8.50. The van der Waals surface area contributed by atoms with E-state index in [0.717, 1.165) is 5.56 Å². The Balaban J connectivity index is 1.98. The van der Waals surface area contributed by atoms with Gasteiger partial charge in [0.1, 0.15) is 11.9 Å². The molecule has 0 saturated heterocycles. The second-order valence-corrected chi connectivity index (χ2v) is 5.98. The van der Waals surface area contributed by atoms with Crippen LogP contribution in [-0.2, 0) is 4.79 Å². The van der Waals surface area contributed by atoms with Crippen LogP contribution in [0.5, 0.6) is 5.75 Å². The number of aliphatic hydroxyl groups is 2. The van der Waals surface area contributed by atoms with Gasteiger partial charge < -0.3 is 26.0 Å². The van der Waals surface area contributed by atoms with Crippen molar-refractivity contribution in [2.24, 2.45) is 0 Å². The zero-order valence-corrected chi connectivity index (χ0v) is 14.3. The maximum absolute atomic E-state index is 12.3. The molecular formula is C19H24N2O4. The highest BCUT2D eigenvalue weighted by molar-refractivity contribution is 5.81. The highest BCUT2D eigenvalue weighted by Crippen LogP contribution is 2.19. The van der Waals surface area contributed by atoms with E-state index in [0.29, 0.717) is 17.0 Å². The number of nitrogens with two attached hydrogens (primary N) is 1. The third-order valence-electron chi connectivity index (χ3n) is 3.89. The predicted molar refractivity (Wildman–Crippen MR) is 96.1 cm³/mol. The molecule has 0 fully saturated rings. The molecule has 0 saturated carbocycles. The summed E-state index contributed by atoms with van der Waals surface area (Å²) in [5.74, 6) is 0.155. The molecule has 1 amide bonds. The van der Waals surface area contributed by atoms with Crippen LogP contribution in [0.4, 0.5) is 5.69 Å². The Hall–Kier alpha value is -2.57. The molecule has 3 unspecified atom stereocenters. The van der Waals surface area contributed by atoms with Gasteiger partial charge in [-0.3, -0.25) is 4.79 Å². The van der Waals surface area contributed by atoms with E-state index in [1.807, 2.05) is 19.1 Å². The first-order valence-electron chi connectivity index (χ1n) is 8.08. The lowest BCUT2D eigenvalue weighted by atomic mass is 10.0. The van der Waals surface area contributed by atoms with Crippen molar-refractivity contribution in [2.75, 3.05) is 12.3 Å². The lowest BCUT2D eigenvalue weighted by Crippen LogP contribution is -2.47. The Labute approximate surface area is 147 Å². The van der Waals surface area contributed by atoms with Crippen molar-refractivity contribution in [1.29, 1.82) is 0 Å². The summed E-state index contributed by atoms with van der Waals surface area (Å²) in [5, 5.41) is 22.5. The van der Waals surface area contributed by atoms with E-state index in [9.17, 15) is 15.0 Å². The predicted octanol–water partition coefficient (Wildman–Crippen LogP) is 1.56. The average Bonchev–Trinajstić information content (AvgIpc) is 2.61. The fourth-order valence-corrected chi connectivity index (χ4v) is 2.32. The van der Waals surface area contributed by atoms with Gasteiger partial charge in [-0.1, -0.05) is 29.8 Å². The molecule has 25 heavy (non-hydrogen) atoms. The Kier molecular flexibility index (Phi) is 6.38. The Bertz CT molecular complexity index is 686. The van der Waals surface area contributed by atoms with E-state index < -0.39 is 30.8 Å². The van der Waals surface area contributed by atoms with E-state index in [-0.39, 0.29) is 0 Å². The molecule has 5 N–H and O–H groups in total. The van der Waals surface area contributed by atoms with Crippen LogP contribution in [0.25, 0.3) is 0 Å². The van der Waals surface area contributed by atoms with Crippen LogP contribution < -0.4 is 15.8 Å². The van der Waals surface area contributed by atoms with Crippen LogP contribution >= 0.6 is 0 Å². The lowest BCUT2D eigenvalue weighted by Gasteiger charge is -2.24. The van der Waals surface area contributed by atoms with Gasteiger partial charge in [0.15, 0.2) is 6.10 Å². The lowest BCUT2D eigenvalue weighted by molar-refractivity contribution is -0.129. The number of hydrogen-bond donors (Lipinski definition) is 4. The minimum atomic E-state index is -1.05. The van der Waals surface area contributed by atoms with E-state index in [1.165, 1.54) is 0 Å². The van der Waals surface area contributed by atoms with E-state index in [1.54, 1.807) is 43.3 Å². The highest BCUT2D eigenvalue weighted by atomic mass is 16.5. The molecular weight excluding hydrogens is 320 g/mol. The maximum atomic E-state index is 12.3. The van der Waals surface area contributed by atoms with Crippen LogP contribution in [0.15, 0.2) is 48.5 Å². The molecule has 3 atom stereocenters. The maximum Gasteiger partial charge on any atom is 0.261 e. The summed E-state index contributed by atoms with van der Waals surface area (Å²) in [6.45, 7) is 3.16. The van der Waals surface area contributed by atoms with Gasteiger partial charge in [0.2, 0.25) is 0 Å². The number of aliphatic hydroxyl groups excluding tert-OH is 2. The van der Waals surface area contributed by atoms with Crippen LogP contribution in [0.3, 0.4) is 0 Å². The number of hydrogen-bond acceptors (Lipinski definition) is 5. The summed E-state index contributed by atoms with van der Waals surface area (Å²) >= 11 is 0. The number of amides is 1. The number of carbonyl (C=O) groups is 1. The topological polar surface area (TPSA) is 105 Å². The van der Waals surface area contributed by atoms with Gasteiger partial charge in [0, 0.05) is 5.69 Å². The molecule has 6 nitrogen and oxygen atoms in total. The van der Waals surface area contributed by atoms with Gasteiger partial charge in [-0.2, -0.15) is 0 Å². The largest absolute Gasteiger partial charge is 0.481 e. The molecule has 0 aliphatic rings. The molecule has 2 aromatic carbocycles. The van der Waals surface area contributed by atoms with Gasteiger partial charge in [-0.05, 0) is 43.7 Å². The van der Waals surface area contributed by atoms with Crippen LogP contribution in [0.2, 0.25) is 0 Å². The number of nitrogen functional groups attached to an aromatic ring is 1. The normalized spacial score (nSPS) is 14.4. The number of nitrogens with one attached hydrogen (secondary N) is 1. The third kappa shape index (κ3) is 5.20. The second-order valence-electron chi connectivity index (χ2n) is 5.98. The van der Waals surface area contributed by atoms with Crippen molar-refractivity contribution in [3.05, 3.63) is 59.7 Å². The molecule has 0 aromatic heterocycles. The van der Waals surface area contributed by atoms with Crippen LogP contribution in [-0.4, -0.2) is 34.9 Å². The van der Waals surface area contributed by atoms with Crippen molar-refractivity contribution < 1.29 is 19.7 Å². The number of benzene rings is 2. The molecule has 2 rings (SSSR count). The first kappa shape index (κ1) is 18.8. The number of aryl methyl sites for hydroxylation is 1. The van der Waals surface area contributed by atoms with Crippen molar-refractivity contribution in [1.82, 2.24) is 5.32 Å². The highest BCUT2D eigenvalue weighted by Gasteiger charge is 2.25. The minimum Gasteiger partial charge on any atom is -0.481 e. The summed E-state index contributed by atoms with van der Waals surface area (Å²) in [6.07, 6.45) is -1.82. The molecule has 0 radical (unpaired) electrons. The monoisotopic (exact) mass is 344 g/mol. The summed E-state index contributed by atoms with van der Waals surface area (Å²) in [5.41, 5.74) is 7.84. The smallest absolute Gasteiger partial charge is 0.261 e. The molecule has 0 aliphatic carbocycles. The Morgan fingerprint density at radius 1 is 1.16 bits per heavy atom. The van der Waals surface area contributed by atoms with Gasteiger partial charge >= 0.3 is 0 Å². The number of carbonyl (C=O) groups excluding carboxylic acids is 1. The van der Waals surface area contributed by atoms with E-state index in [2.05, 4.69) is 5.32 Å². The summed E-state index contributed by atoms with van der Waals surface area (Å²) < 4.78 is 5.59. The first-order chi connectivity index (χ1) is 11.9. The third-order valence-corrected chi connectivity index (χ3v) is 3.89. The zero-order chi connectivity index (χ0) is 18.4. The quantitative estimate of drug-likeness (QED) is 0.571. The van der Waals surface area contributed by atoms with E-state index in [4.69, 9.17) is 10.5 Å². The molecule has 0 spiro atoms. The van der Waals surface area contributed by atoms with Crippen molar-refractivity contribution >= 4 is 11.6 Å². The summed E-state index contributed by atoms with van der Waals surface area (Å²) in [7, 11) is 0. The van der Waals surface area contributed by atoms with Gasteiger partial charge in [-0.25, -0.2) is 0 Å². The van der Waals surface area contributed by atoms with Crippen molar-refractivity contribution in [2.45, 2.75) is 32.1 Å². The SMILES string of the molecule is Cc1ccc(OC(C)C(=O)NC(CO)C(O)c2ccc(N)cc2)cc1. The van der Waals surface area contributed by atoms with Crippen LogP contribution in [0.1, 0.15) is 24.2 Å². The number of rotatable bonds is 7. The molecule has 0 bridgehead atoms. The fraction of sp³-hybridized carbons (Fsp3) is 0.316. The van der Waals surface area contributed by atoms with Crippen molar-refractivity contribution in [3.63, 3.8) is 0 Å². The zero-order valence-electron chi connectivity index (χ0n) is 14.3. The average molecular weight is 344 g/mol. The van der Waals surface area contributed by atoms with Gasteiger partial charge in [-0.15, -0.1) is 0 Å². The molecule has 0 heterocycles. The molecule has 134 valence electrons. The van der Waals surface area contributed by atoms with E-state index >= 15 is 0 Å². The van der Waals surface area contributed by atoms with Crippen molar-refractivity contribution in [3.8, 4) is 5.75 Å². The first-order valence-corrected chi connectivity index (χ1v) is 8.08. The summed E-state index contributed by atoms with van der Waals surface area (Å²) in [6, 6.07) is 13.1. The summed E-state index contributed by atoms with van der Waals surface area (Å²) in [4.78, 5) is 12.3. The molecule has 6 heteroatoms. The fourth-order valence-electron chi connectivity index (χ4n) is 2.32. The van der Waals surface area contributed by atoms with Gasteiger partial charge in [0.25, 0.3) is 5.91 Å². The number of ether oxygens (including phenoxy) is 1. The van der Waals surface area contributed by atoms with Crippen LogP contribution in [0, 0.1) is 6.92 Å².